The van der Waals surface area contributed by atoms with Gasteiger partial charge < -0.3 is 29.5 Å². The number of aliphatic hydroxyl groups is 3. The molecule has 2 aromatic rings. The molecule has 1 fully saturated rings. The summed E-state index contributed by atoms with van der Waals surface area (Å²) < 4.78 is 15.5. The standard InChI is InChI=1S/C24H24O8/c25-19(13-11-16-7-3-1-4-8-16)30-15-18-21(27)22(28)23(29)24(31-18)32-20(26)14-12-17-9-5-2-6-10-17/h1-14,18,21-24,27-29H,15H2. The van der Waals surface area contributed by atoms with Crippen LogP contribution < -0.4 is 0 Å². The molecule has 0 spiro atoms. The quantitative estimate of drug-likeness (QED) is 0.435. The lowest BCUT2D eigenvalue weighted by molar-refractivity contribution is -0.291. The van der Waals surface area contributed by atoms with Gasteiger partial charge in [0.2, 0.25) is 6.29 Å². The van der Waals surface area contributed by atoms with Crippen LogP contribution in [-0.4, -0.2) is 64.6 Å². The molecule has 0 aliphatic carbocycles. The molecule has 2 aromatic carbocycles. The van der Waals surface area contributed by atoms with Gasteiger partial charge in [-0.2, -0.15) is 0 Å². The Labute approximate surface area is 185 Å². The Morgan fingerprint density at radius 1 is 0.781 bits per heavy atom. The molecule has 0 radical (unpaired) electrons. The fourth-order valence-corrected chi connectivity index (χ4v) is 2.97. The van der Waals surface area contributed by atoms with Gasteiger partial charge in [-0.3, -0.25) is 0 Å². The van der Waals surface area contributed by atoms with E-state index in [1.54, 1.807) is 42.5 Å². The number of rotatable bonds is 7. The Bertz CT molecular complexity index is 939. The molecule has 5 atom stereocenters. The number of ether oxygens (including phenoxy) is 3. The van der Waals surface area contributed by atoms with Crippen LogP contribution in [0.1, 0.15) is 11.1 Å². The van der Waals surface area contributed by atoms with Gasteiger partial charge in [-0.15, -0.1) is 0 Å². The van der Waals surface area contributed by atoms with Crippen molar-refractivity contribution in [1.29, 1.82) is 0 Å². The van der Waals surface area contributed by atoms with Crippen LogP contribution in [0, 0.1) is 0 Å². The average Bonchev–Trinajstić information content (AvgIpc) is 2.82. The van der Waals surface area contributed by atoms with Crippen molar-refractivity contribution in [3.63, 3.8) is 0 Å². The first-order valence-electron chi connectivity index (χ1n) is 9.97. The Morgan fingerprint density at radius 3 is 1.88 bits per heavy atom. The molecule has 0 saturated carbocycles. The van der Waals surface area contributed by atoms with Gasteiger partial charge in [0.1, 0.15) is 31.0 Å². The van der Waals surface area contributed by atoms with Gasteiger partial charge in [-0.1, -0.05) is 60.7 Å². The van der Waals surface area contributed by atoms with Crippen molar-refractivity contribution < 1.29 is 39.1 Å². The number of aliphatic hydroxyl groups excluding tert-OH is 3. The highest BCUT2D eigenvalue weighted by Crippen LogP contribution is 2.23. The molecule has 0 amide bonds. The van der Waals surface area contributed by atoms with E-state index < -0.39 is 49.3 Å². The number of carbonyl (C=O) groups is 2. The van der Waals surface area contributed by atoms with Crippen molar-refractivity contribution >= 4 is 24.1 Å². The molecule has 1 heterocycles. The number of hydrogen-bond donors (Lipinski definition) is 3. The van der Waals surface area contributed by atoms with Gasteiger partial charge in [0.15, 0.2) is 0 Å². The van der Waals surface area contributed by atoms with Gasteiger partial charge in [-0.25, -0.2) is 9.59 Å². The van der Waals surface area contributed by atoms with E-state index in [2.05, 4.69) is 0 Å². The lowest BCUT2D eigenvalue weighted by atomic mass is 9.99. The third kappa shape index (κ3) is 6.60. The minimum Gasteiger partial charge on any atom is -0.460 e. The largest absolute Gasteiger partial charge is 0.460 e. The zero-order valence-corrected chi connectivity index (χ0v) is 17.1. The molecule has 0 aromatic heterocycles. The maximum Gasteiger partial charge on any atom is 0.333 e. The zero-order valence-electron chi connectivity index (χ0n) is 17.1. The Balaban J connectivity index is 1.55. The van der Waals surface area contributed by atoms with Crippen molar-refractivity contribution in [3.8, 4) is 0 Å². The minimum absolute atomic E-state index is 0.420. The zero-order chi connectivity index (χ0) is 22.9. The summed E-state index contributed by atoms with van der Waals surface area (Å²) in [6.07, 6.45) is -2.22. The summed E-state index contributed by atoms with van der Waals surface area (Å²) in [4.78, 5) is 24.0. The lowest BCUT2D eigenvalue weighted by Crippen LogP contribution is -2.59. The molecule has 5 unspecified atom stereocenters. The molecule has 1 saturated heterocycles. The fourth-order valence-electron chi connectivity index (χ4n) is 2.97. The first kappa shape index (κ1) is 23.4. The van der Waals surface area contributed by atoms with E-state index in [-0.39, 0.29) is 0 Å². The summed E-state index contributed by atoms with van der Waals surface area (Å²) in [6.45, 7) is -0.420. The van der Waals surface area contributed by atoms with Gasteiger partial charge in [-0.05, 0) is 23.3 Å². The highest BCUT2D eigenvalue weighted by atomic mass is 16.7. The second-order valence-corrected chi connectivity index (χ2v) is 7.07. The molecule has 0 bridgehead atoms. The van der Waals surface area contributed by atoms with Gasteiger partial charge >= 0.3 is 11.9 Å². The van der Waals surface area contributed by atoms with E-state index in [1.165, 1.54) is 12.2 Å². The Kier molecular flexibility index (Phi) is 8.29. The summed E-state index contributed by atoms with van der Waals surface area (Å²) in [7, 11) is 0. The SMILES string of the molecule is O=C(C=Cc1ccccc1)OCC1OC(OC(=O)C=Cc2ccccc2)C(O)C(O)C1O. The topological polar surface area (TPSA) is 123 Å². The van der Waals surface area contributed by atoms with Crippen LogP contribution in [0.2, 0.25) is 0 Å². The van der Waals surface area contributed by atoms with Crippen molar-refractivity contribution in [2.75, 3.05) is 6.61 Å². The predicted octanol–water partition coefficient (Wildman–Crippen LogP) is 1.31. The molecule has 3 rings (SSSR count). The molecular weight excluding hydrogens is 416 g/mol. The number of carbonyl (C=O) groups excluding carboxylic acids is 2. The first-order valence-corrected chi connectivity index (χ1v) is 9.97. The molecule has 8 heteroatoms. The van der Waals surface area contributed by atoms with Gasteiger partial charge in [0, 0.05) is 12.2 Å². The monoisotopic (exact) mass is 440 g/mol. The number of benzene rings is 2. The Morgan fingerprint density at radius 2 is 1.31 bits per heavy atom. The second-order valence-electron chi connectivity index (χ2n) is 7.07. The minimum atomic E-state index is -1.68. The van der Waals surface area contributed by atoms with E-state index in [9.17, 15) is 24.9 Å². The molecular formula is C24H24O8. The summed E-state index contributed by atoms with van der Waals surface area (Å²) in [5.74, 6) is -1.51. The van der Waals surface area contributed by atoms with Crippen LogP contribution in [0.4, 0.5) is 0 Å². The maximum absolute atomic E-state index is 12.1. The molecule has 1 aliphatic rings. The van der Waals surface area contributed by atoms with Crippen LogP contribution in [-0.2, 0) is 23.8 Å². The van der Waals surface area contributed by atoms with E-state index in [0.29, 0.717) is 0 Å². The van der Waals surface area contributed by atoms with E-state index in [4.69, 9.17) is 14.2 Å². The summed E-state index contributed by atoms with van der Waals surface area (Å²) >= 11 is 0. The van der Waals surface area contributed by atoms with Crippen molar-refractivity contribution in [2.24, 2.45) is 0 Å². The third-order valence-electron chi connectivity index (χ3n) is 4.71. The summed E-state index contributed by atoms with van der Waals surface area (Å²) in [5, 5.41) is 30.3. The molecule has 1 aliphatic heterocycles. The third-order valence-corrected chi connectivity index (χ3v) is 4.71. The lowest BCUT2D eigenvalue weighted by Gasteiger charge is -2.39. The molecule has 168 valence electrons. The van der Waals surface area contributed by atoms with Crippen LogP contribution in [0.5, 0.6) is 0 Å². The van der Waals surface area contributed by atoms with Crippen molar-refractivity contribution in [2.45, 2.75) is 30.7 Å². The van der Waals surface area contributed by atoms with Crippen molar-refractivity contribution in [1.82, 2.24) is 0 Å². The maximum atomic E-state index is 12.1. The fraction of sp³-hybridized carbons (Fsp3) is 0.250. The van der Waals surface area contributed by atoms with E-state index >= 15 is 0 Å². The Hall–Kier alpha value is -3.30. The van der Waals surface area contributed by atoms with Crippen LogP contribution >= 0.6 is 0 Å². The highest BCUT2D eigenvalue weighted by molar-refractivity contribution is 5.87. The van der Waals surface area contributed by atoms with Crippen molar-refractivity contribution in [3.05, 3.63) is 83.9 Å². The second kappa shape index (κ2) is 11.4. The van der Waals surface area contributed by atoms with Gasteiger partial charge in [0.05, 0.1) is 0 Å². The first-order chi connectivity index (χ1) is 15.4. The van der Waals surface area contributed by atoms with Gasteiger partial charge in [0.25, 0.3) is 0 Å². The highest BCUT2D eigenvalue weighted by Gasteiger charge is 2.45. The number of hydrogen-bond acceptors (Lipinski definition) is 8. The molecule has 32 heavy (non-hydrogen) atoms. The summed E-state index contributed by atoms with van der Waals surface area (Å²) in [5.41, 5.74) is 1.56. The average molecular weight is 440 g/mol. The van der Waals surface area contributed by atoms with Crippen LogP contribution in [0.3, 0.4) is 0 Å². The summed E-state index contributed by atoms with van der Waals surface area (Å²) in [6, 6.07) is 18.1. The molecule has 3 N–H and O–H groups in total. The van der Waals surface area contributed by atoms with Crippen LogP contribution in [0.15, 0.2) is 72.8 Å². The molecule has 8 nitrogen and oxygen atoms in total. The number of esters is 2. The van der Waals surface area contributed by atoms with E-state index in [0.717, 1.165) is 17.2 Å². The predicted molar refractivity (Wildman–Crippen MR) is 115 cm³/mol. The van der Waals surface area contributed by atoms with E-state index in [1.807, 2.05) is 24.3 Å². The van der Waals surface area contributed by atoms with Crippen LogP contribution in [0.25, 0.3) is 12.2 Å². The smallest absolute Gasteiger partial charge is 0.333 e. The normalized spacial score (nSPS) is 25.7.